The SMILES string of the molecule is CC/C=C\C/C=C\C/C=C\C/C=C\C/C=C\C/C=C\CCC(=O)OC[C@H](COC(=O)CCCCCCCCCCCCCCCCCCC)OC(=O)CCCCCC/C=C\C/C=C\C/C=C\C/C=C\CC. The molecule has 0 aliphatic heterocycles. The van der Waals surface area contributed by atoms with Gasteiger partial charge >= 0.3 is 17.9 Å². The summed E-state index contributed by atoms with van der Waals surface area (Å²) in [6, 6.07) is 0. The van der Waals surface area contributed by atoms with Gasteiger partial charge in [-0.1, -0.05) is 258 Å². The van der Waals surface area contributed by atoms with Gasteiger partial charge in [-0.15, -0.1) is 0 Å². The van der Waals surface area contributed by atoms with E-state index >= 15 is 0 Å². The molecule has 0 saturated heterocycles. The third-order valence-electron chi connectivity index (χ3n) is 12.0. The van der Waals surface area contributed by atoms with Gasteiger partial charge in [0.25, 0.3) is 0 Å². The van der Waals surface area contributed by atoms with Crippen molar-refractivity contribution in [2.45, 2.75) is 258 Å². The van der Waals surface area contributed by atoms with Crippen molar-refractivity contribution in [3.63, 3.8) is 0 Å². The summed E-state index contributed by atoms with van der Waals surface area (Å²) in [4.78, 5) is 38.2. The molecule has 0 aliphatic carbocycles. The van der Waals surface area contributed by atoms with Gasteiger partial charge in [0.15, 0.2) is 6.10 Å². The lowest BCUT2D eigenvalue weighted by atomic mass is 10.0. The van der Waals surface area contributed by atoms with Gasteiger partial charge in [0.1, 0.15) is 13.2 Å². The Morgan fingerprint density at radius 3 is 0.944 bits per heavy atom. The molecule has 6 heteroatoms. The smallest absolute Gasteiger partial charge is 0.306 e. The number of unbranched alkanes of at least 4 members (excludes halogenated alkanes) is 20. The highest BCUT2D eigenvalue weighted by Gasteiger charge is 2.19. The van der Waals surface area contributed by atoms with Crippen LogP contribution in [0, 0.1) is 0 Å². The van der Waals surface area contributed by atoms with Gasteiger partial charge in [-0.05, 0) is 96.3 Å². The fourth-order valence-electron chi connectivity index (χ4n) is 7.69. The quantitative estimate of drug-likeness (QED) is 0.0261. The Morgan fingerprint density at radius 2 is 0.577 bits per heavy atom. The van der Waals surface area contributed by atoms with Crippen LogP contribution in [0.3, 0.4) is 0 Å². The van der Waals surface area contributed by atoms with Crippen LogP contribution in [0.1, 0.15) is 252 Å². The molecule has 0 aromatic heterocycles. The molecule has 0 rings (SSSR count). The van der Waals surface area contributed by atoms with Gasteiger partial charge in [-0.3, -0.25) is 14.4 Å². The number of hydrogen-bond donors (Lipinski definition) is 0. The number of allylic oxidation sites excluding steroid dienone is 20. The van der Waals surface area contributed by atoms with Gasteiger partial charge in [-0.2, -0.15) is 0 Å². The Labute approximate surface area is 437 Å². The Hall–Kier alpha value is -4.19. The van der Waals surface area contributed by atoms with Gasteiger partial charge in [0, 0.05) is 19.3 Å². The van der Waals surface area contributed by atoms with E-state index in [2.05, 4.69) is 136 Å². The van der Waals surface area contributed by atoms with Crippen molar-refractivity contribution in [2.24, 2.45) is 0 Å². The molecular formula is C65H106O6. The van der Waals surface area contributed by atoms with Crippen LogP contribution < -0.4 is 0 Å². The predicted molar refractivity (Wildman–Crippen MR) is 306 cm³/mol. The predicted octanol–water partition coefficient (Wildman–Crippen LogP) is 19.6. The molecule has 402 valence electrons. The van der Waals surface area contributed by atoms with Gasteiger partial charge in [0.2, 0.25) is 0 Å². The molecule has 6 nitrogen and oxygen atoms in total. The summed E-state index contributed by atoms with van der Waals surface area (Å²) < 4.78 is 16.8. The lowest BCUT2D eigenvalue weighted by Gasteiger charge is -2.18. The fourth-order valence-corrected chi connectivity index (χ4v) is 7.69. The second-order valence-electron chi connectivity index (χ2n) is 18.8. The van der Waals surface area contributed by atoms with E-state index in [-0.39, 0.29) is 44.0 Å². The topological polar surface area (TPSA) is 78.9 Å². The van der Waals surface area contributed by atoms with Crippen molar-refractivity contribution in [3.8, 4) is 0 Å². The maximum absolute atomic E-state index is 12.9. The fraction of sp³-hybridized carbons (Fsp3) is 0.646. The lowest BCUT2D eigenvalue weighted by molar-refractivity contribution is -0.166. The highest BCUT2D eigenvalue weighted by atomic mass is 16.6. The molecule has 71 heavy (non-hydrogen) atoms. The van der Waals surface area contributed by atoms with Crippen LogP contribution >= 0.6 is 0 Å². The summed E-state index contributed by atoms with van der Waals surface area (Å²) >= 11 is 0. The average Bonchev–Trinajstić information content (AvgIpc) is 3.37. The summed E-state index contributed by atoms with van der Waals surface area (Å²) in [6.45, 7) is 6.34. The standard InChI is InChI=1S/C65H106O6/c1-4-7-10-13-16-19-22-25-28-31-32-35-37-40-43-46-49-52-55-58-64(67)70-61-62(71-65(68)59-56-53-50-47-44-41-38-34-30-27-24-21-18-15-12-9-6-3)60-69-63(66)57-54-51-48-45-42-39-36-33-29-26-23-20-17-14-11-8-5-2/h7,9-10,12,16,18-19,21,25,27-28,30,32,35,38,40-41,43,49,52,62H,4-6,8,11,13-15,17,20,22-24,26,29,31,33-34,36-37,39,42,44-48,50-51,53-61H2,1-3H3/b10-7-,12-9-,19-16-,21-18-,28-25-,30-27-,35-32-,41-38-,43-40-,52-49-/t62-/m0/s1. The maximum Gasteiger partial charge on any atom is 0.306 e. The molecular weight excluding hydrogens is 877 g/mol. The molecule has 0 heterocycles. The Balaban J connectivity index is 4.54. The number of hydrogen-bond acceptors (Lipinski definition) is 6. The van der Waals surface area contributed by atoms with Crippen LogP contribution in [-0.4, -0.2) is 37.2 Å². The second kappa shape index (κ2) is 58.4. The second-order valence-corrected chi connectivity index (χ2v) is 18.8. The molecule has 0 radical (unpaired) electrons. The Kier molecular flexibility index (Phi) is 54.9. The first-order chi connectivity index (χ1) is 35.0. The van der Waals surface area contributed by atoms with E-state index in [1.807, 2.05) is 6.08 Å². The summed E-state index contributed by atoms with van der Waals surface area (Å²) in [5, 5.41) is 0. The van der Waals surface area contributed by atoms with E-state index < -0.39 is 6.10 Å². The zero-order valence-electron chi connectivity index (χ0n) is 45.9. The van der Waals surface area contributed by atoms with Crippen LogP contribution in [0.2, 0.25) is 0 Å². The normalized spacial score (nSPS) is 13.0. The van der Waals surface area contributed by atoms with Crippen molar-refractivity contribution in [3.05, 3.63) is 122 Å². The van der Waals surface area contributed by atoms with Gasteiger partial charge in [0.05, 0.1) is 0 Å². The number of esters is 3. The van der Waals surface area contributed by atoms with E-state index in [9.17, 15) is 14.4 Å². The molecule has 0 amide bonds. The Bertz CT molecular complexity index is 1500. The molecule has 0 aromatic carbocycles. The maximum atomic E-state index is 12.9. The lowest BCUT2D eigenvalue weighted by Crippen LogP contribution is -2.30. The summed E-state index contributed by atoms with van der Waals surface area (Å²) in [7, 11) is 0. The Morgan fingerprint density at radius 1 is 0.296 bits per heavy atom. The van der Waals surface area contributed by atoms with Crippen LogP contribution in [0.15, 0.2) is 122 Å². The summed E-state index contributed by atoms with van der Waals surface area (Å²) in [5.41, 5.74) is 0. The molecule has 0 unspecified atom stereocenters. The molecule has 0 spiro atoms. The van der Waals surface area contributed by atoms with Crippen molar-refractivity contribution in [1.29, 1.82) is 0 Å². The van der Waals surface area contributed by atoms with Crippen LogP contribution in [0.4, 0.5) is 0 Å². The third-order valence-corrected chi connectivity index (χ3v) is 12.0. The first kappa shape index (κ1) is 66.8. The average molecular weight is 984 g/mol. The number of carbonyl (C=O) groups excluding carboxylic acids is 3. The zero-order chi connectivity index (χ0) is 51.4. The van der Waals surface area contributed by atoms with Gasteiger partial charge in [-0.25, -0.2) is 0 Å². The van der Waals surface area contributed by atoms with E-state index in [0.717, 1.165) is 116 Å². The molecule has 0 N–H and O–H groups in total. The summed E-state index contributed by atoms with van der Waals surface area (Å²) in [6.07, 6.45) is 80.6. The van der Waals surface area contributed by atoms with Crippen molar-refractivity contribution in [2.75, 3.05) is 13.2 Å². The van der Waals surface area contributed by atoms with Crippen molar-refractivity contribution < 1.29 is 28.6 Å². The van der Waals surface area contributed by atoms with Gasteiger partial charge < -0.3 is 14.2 Å². The molecule has 0 aromatic rings. The first-order valence-corrected chi connectivity index (χ1v) is 29.0. The number of ether oxygens (including phenoxy) is 3. The first-order valence-electron chi connectivity index (χ1n) is 29.0. The molecule has 0 saturated carbocycles. The minimum atomic E-state index is -0.824. The van der Waals surface area contributed by atoms with Crippen molar-refractivity contribution in [1.82, 2.24) is 0 Å². The molecule has 0 fully saturated rings. The van der Waals surface area contributed by atoms with E-state index in [1.54, 1.807) is 0 Å². The minimum absolute atomic E-state index is 0.112. The molecule has 1 atom stereocenters. The van der Waals surface area contributed by atoms with Crippen molar-refractivity contribution >= 4 is 17.9 Å². The largest absolute Gasteiger partial charge is 0.462 e. The number of carbonyl (C=O) groups is 3. The van der Waals surface area contributed by atoms with E-state index in [0.29, 0.717) is 12.8 Å². The molecule has 0 bridgehead atoms. The molecule has 0 aliphatic rings. The van der Waals surface area contributed by atoms with Crippen LogP contribution in [-0.2, 0) is 28.6 Å². The number of rotatable bonds is 51. The van der Waals surface area contributed by atoms with E-state index in [1.165, 1.54) is 89.9 Å². The monoisotopic (exact) mass is 983 g/mol. The van der Waals surface area contributed by atoms with Crippen LogP contribution in [0.25, 0.3) is 0 Å². The highest BCUT2D eigenvalue weighted by Crippen LogP contribution is 2.15. The minimum Gasteiger partial charge on any atom is -0.462 e. The van der Waals surface area contributed by atoms with Crippen LogP contribution in [0.5, 0.6) is 0 Å². The summed E-state index contributed by atoms with van der Waals surface area (Å²) in [5.74, 6) is -1.02. The van der Waals surface area contributed by atoms with E-state index in [4.69, 9.17) is 14.2 Å². The highest BCUT2D eigenvalue weighted by molar-refractivity contribution is 5.71. The third kappa shape index (κ3) is 56.6. The zero-order valence-corrected chi connectivity index (χ0v) is 45.9.